The van der Waals surface area contributed by atoms with E-state index in [9.17, 15) is 4.39 Å². The van der Waals surface area contributed by atoms with Crippen molar-refractivity contribution in [2.24, 2.45) is 0 Å². The number of rotatable bonds is 1. The first kappa shape index (κ1) is 7.72. The molecular weight excluding hydrogens is 145 g/mol. The van der Waals surface area contributed by atoms with Gasteiger partial charge < -0.3 is 5.11 Å². The Bertz CT molecular complexity index is 283. The van der Waals surface area contributed by atoms with E-state index < -0.39 is 5.82 Å². The molecule has 0 aromatic heterocycles. The van der Waals surface area contributed by atoms with Crippen LogP contribution in [0, 0.1) is 5.82 Å². The first-order valence-electron chi connectivity index (χ1n) is 3.24. The summed E-state index contributed by atoms with van der Waals surface area (Å²) >= 11 is 0. The fourth-order valence-corrected chi connectivity index (χ4v) is 0.788. The van der Waals surface area contributed by atoms with Gasteiger partial charge in [0.25, 0.3) is 0 Å². The van der Waals surface area contributed by atoms with Crippen molar-refractivity contribution in [3.8, 4) is 0 Å². The van der Waals surface area contributed by atoms with Crippen molar-refractivity contribution in [2.75, 3.05) is 7.05 Å². The van der Waals surface area contributed by atoms with E-state index in [1.807, 2.05) is 0 Å². The SMILES string of the molecule is C[NH+]=C(O)c1ccccc1F. The van der Waals surface area contributed by atoms with E-state index in [0.717, 1.165) is 0 Å². The molecule has 0 saturated heterocycles. The van der Waals surface area contributed by atoms with Crippen LogP contribution < -0.4 is 4.99 Å². The first-order chi connectivity index (χ1) is 5.25. The summed E-state index contributed by atoms with van der Waals surface area (Å²) in [7, 11) is 1.53. The second kappa shape index (κ2) is 3.14. The Labute approximate surface area is 64.0 Å². The average molecular weight is 154 g/mol. The summed E-state index contributed by atoms with van der Waals surface area (Å²) in [5.41, 5.74) is 0.190. The Morgan fingerprint density at radius 3 is 2.64 bits per heavy atom. The zero-order chi connectivity index (χ0) is 8.27. The average Bonchev–Trinajstić information content (AvgIpc) is 2.04. The predicted molar refractivity (Wildman–Crippen MR) is 40.0 cm³/mol. The Balaban J connectivity index is 3.14. The molecule has 11 heavy (non-hydrogen) atoms. The Kier molecular flexibility index (Phi) is 2.21. The van der Waals surface area contributed by atoms with Crippen LogP contribution in [0.5, 0.6) is 0 Å². The highest BCUT2D eigenvalue weighted by molar-refractivity contribution is 5.87. The summed E-state index contributed by atoms with van der Waals surface area (Å²) in [5, 5.41) is 9.08. The molecule has 0 aliphatic heterocycles. The van der Waals surface area contributed by atoms with Crippen LogP contribution in [-0.4, -0.2) is 18.1 Å². The molecule has 0 unspecified atom stereocenters. The Morgan fingerprint density at radius 1 is 1.45 bits per heavy atom. The molecule has 0 fully saturated rings. The van der Waals surface area contributed by atoms with E-state index in [1.165, 1.54) is 19.2 Å². The molecule has 1 rings (SSSR count). The lowest BCUT2D eigenvalue weighted by atomic mass is 10.2. The minimum Gasteiger partial charge on any atom is -0.460 e. The predicted octanol–water partition coefficient (Wildman–Crippen LogP) is -0.159. The van der Waals surface area contributed by atoms with E-state index >= 15 is 0 Å². The van der Waals surface area contributed by atoms with Gasteiger partial charge in [0.2, 0.25) is 0 Å². The first-order valence-corrected chi connectivity index (χ1v) is 3.24. The van der Waals surface area contributed by atoms with Crippen LogP contribution in [0.4, 0.5) is 4.39 Å². The van der Waals surface area contributed by atoms with Crippen LogP contribution in [0.3, 0.4) is 0 Å². The zero-order valence-corrected chi connectivity index (χ0v) is 6.13. The van der Waals surface area contributed by atoms with Gasteiger partial charge in [0.1, 0.15) is 18.4 Å². The van der Waals surface area contributed by atoms with Gasteiger partial charge in [-0.05, 0) is 12.1 Å². The van der Waals surface area contributed by atoms with Gasteiger partial charge in [0.05, 0.1) is 0 Å². The summed E-state index contributed by atoms with van der Waals surface area (Å²) < 4.78 is 12.8. The summed E-state index contributed by atoms with van der Waals surface area (Å²) in [6.45, 7) is 0. The van der Waals surface area contributed by atoms with Crippen molar-refractivity contribution in [1.82, 2.24) is 0 Å². The number of halogens is 1. The smallest absolute Gasteiger partial charge is 0.368 e. The van der Waals surface area contributed by atoms with E-state index in [2.05, 4.69) is 4.99 Å². The van der Waals surface area contributed by atoms with Crippen molar-refractivity contribution in [2.45, 2.75) is 0 Å². The normalized spacial score (nSPS) is 11.6. The fraction of sp³-hybridized carbons (Fsp3) is 0.125. The van der Waals surface area contributed by atoms with E-state index in [0.29, 0.717) is 0 Å². The maximum Gasteiger partial charge on any atom is 0.368 e. The molecule has 0 aliphatic carbocycles. The molecule has 0 atom stereocenters. The largest absolute Gasteiger partial charge is 0.460 e. The van der Waals surface area contributed by atoms with Crippen molar-refractivity contribution in [3.05, 3.63) is 35.6 Å². The zero-order valence-electron chi connectivity index (χ0n) is 6.13. The molecule has 0 spiro atoms. The third kappa shape index (κ3) is 1.55. The summed E-state index contributed by atoms with van der Waals surface area (Å²) in [6, 6.07) is 6.03. The molecule has 1 aromatic rings. The third-order valence-corrected chi connectivity index (χ3v) is 1.37. The fourth-order valence-electron chi connectivity index (χ4n) is 0.788. The van der Waals surface area contributed by atoms with Crippen LogP contribution in [0.15, 0.2) is 24.3 Å². The summed E-state index contributed by atoms with van der Waals surface area (Å²) in [5.74, 6) is -0.581. The van der Waals surface area contributed by atoms with E-state index in [-0.39, 0.29) is 11.5 Å². The van der Waals surface area contributed by atoms with Gasteiger partial charge >= 0.3 is 5.90 Å². The lowest BCUT2D eigenvalue weighted by molar-refractivity contribution is -0.429. The van der Waals surface area contributed by atoms with Crippen molar-refractivity contribution in [3.63, 3.8) is 0 Å². The highest BCUT2D eigenvalue weighted by Crippen LogP contribution is 2.03. The van der Waals surface area contributed by atoms with Crippen LogP contribution in [0.25, 0.3) is 0 Å². The van der Waals surface area contributed by atoms with Gasteiger partial charge in [-0.15, -0.1) is 0 Å². The monoisotopic (exact) mass is 154 g/mol. The summed E-state index contributed by atoms with van der Waals surface area (Å²) in [4.78, 5) is 2.45. The second-order valence-electron chi connectivity index (χ2n) is 2.08. The standard InChI is InChI=1S/C8H8FNO/c1-10-8(11)6-4-2-3-5-7(6)9/h2-5H,1H3,(H,10,11)/p+1. The molecule has 0 aliphatic rings. The highest BCUT2D eigenvalue weighted by Gasteiger charge is 2.09. The molecule has 2 nitrogen and oxygen atoms in total. The van der Waals surface area contributed by atoms with E-state index in [1.54, 1.807) is 12.1 Å². The quantitative estimate of drug-likeness (QED) is 0.428. The van der Waals surface area contributed by atoms with Gasteiger partial charge in [-0.1, -0.05) is 12.1 Å². The second-order valence-corrected chi connectivity index (χ2v) is 2.08. The molecular formula is C8H9FNO+. The maximum atomic E-state index is 12.8. The van der Waals surface area contributed by atoms with Crippen LogP contribution in [-0.2, 0) is 0 Å². The van der Waals surface area contributed by atoms with Gasteiger partial charge in [-0.2, -0.15) is 0 Å². The van der Waals surface area contributed by atoms with Gasteiger partial charge in [-0.3, -0.25) is 0 Å². The van der Waals surface area contributed by atoms with Gasteiger partial charge in [-0.25, -0.2) is 9.38 Å². The molecule has 2 N–H and O–H groups in total. The van der Waals surface area contributed by atoms with Gasteiger partial charge in [0.15, 0.2) is 0 Å². The lowest BCUT2D eigenvalue weighted by Gasteiger charge is -1.93. The number of hydrogen-bond acceptors (Lipinski definition) is 0. The van der Waals surface area contributed by atoms with Crippen molar-refractivity contribution in [1.29, 1.82) is 0 Å². The van der Waals surface area contributed by atoms with Crippen LogP contribution in [0.1, 0.15) is 5.56 Å². The minimum absolute atomic E-state index is 0.150. The number of benzene rings is 1. The third-order valence-electron chi connectivity index (χ3n) is 1.37. The topological polar surface area (TPSA) is 34.2 Å². The molecule has 58 valence electrons. The van der Waals surface area contributed by atoms with Crippen molar-refractivity contribution < 1.29 is 14.5 Å². The number of nitrogens with one attached hydrogen (secondary N) is 1. The van der Waals surface area contributed by atoms with Gasteiger partial charge in [0, 0.05) is 0 Å². The van der Waals surface area contributed by atoms with E-state index in [4.69, 9.17) is 5.11 Å². The number of aliphatic hydroxyl groups excluding tert-OH is 1. The highest BCUT2D eigenvalue weighted by atomic mass is 19.1. The van der Waals surface area contributed by atoms with Crippen LogP contribution >= 0.6 is 0 Å². The number of aliphatic hydroxyl groups is 1. The molecule has 0 amide bonds. The molecule has 1 aromatic carbocycles. The lowest BCUT2D eigenvalue weighted by Crippen LogP contribution is -2.68. The molecule has 0 radical (unpaired) electrons. The molecule has 0 bridgehead atoms. The molecule has 3 heteroatoms. The van der Waals surface area contributed by atoms with Crippen molar-refractivity contribution >= 4 is 5.90 Å². The molecule has 0 heterocycles. The molecule has 0 saturated carbocycles. The number of hydrogen-bond donors (Lipinski definition) is 2. The maximum absolute atomic E-state index is 12.8. The minimum atomic E-state index is -0.431. The van der Waals surface area contributed by atoms with Crippen LogP contribution in [0.2, 0.25) is 0 Å². The Morgan fingerprint density at radius 2 is 2.09 bits per heavy atom. The summed E-state index contributed by atoms with van der Waals surface area (Å²) in [6.07, 6.45) is 0. The Hall–Kier alpha value is -1.38.